The molecule has 0 bridgehead atoms. The van der Waals surface area contributed by atoms with E-state index in [9.17, 15) is 13.2 Å². The van der Waals surface area contributed by atoms with Gasteiger partial charge in [-0.3, -0.25) is 9.10 Å². The fourth-order valence-electron chi connectivity index (χ4n) is 2.97. The van der Waals surface area contributed by atoms with E-state index < -0.39 is 10.0 Å². The molecule has 0 aliphatic carbocycles. The highest BCUT2D eigenvalue weighted by atomic mass is 79.9. The van der Waals surface area contributed by atoms with Crippen LogP contribution in [0.2, 0.25) is 0 Å². The lowest BCUT2D eigenvalue weighted by Crippen LogP contribution is -2.29. The maximum atomic E-state index is 12.5. The number of nitrogens with one attached hydrogen (secondary N) is 1. The number of nitrogens with zero attached hydrogens (tertiary/aromatic N) is 1. The van der Waals surface area contributed by atoms with Gasteiger partial charge in [0.1, 0.15) is 0 Å². The summed E-state index contributed by atoms with van der Waals surface area (Å²) in [6, 6.07) is 19.9. The van der Waals surface area contributed by atoms with Crippen molar-refractivity contribution in [1.29, 1.82) is 0 Å². The van der Waals surface area contributed by atoms with Crippen molar-refractivity contribution in [3.63, 3.8) is 0 Å². The molecule has 3 aromatic carbocycles. The van der Waals surface area contributed by atoms with Gasteiger partial charge in [0.25, 0.3) is 5.91 Å². The van der Waals surface area contributed by atoms with E-state index in [0.29, 0.717) is 16.9 Å². The van der Waals surface area contributed by atoms with E-state index in [1.807, 2.05) is 56.3 Å². The van der Waals surface area contributed by atoms with Crippen molar-refractivity contribution in [2.75, 3.05) is 15.9 Å². The third-order valence-electron chi connectivity index (χ3n) is 4.84. The predicted molar refractivity (Wildman–Crippen MR) is 125 cm³/mol. The van der Waals surface area contributed by atoms with Gasteiger partial charge in [0.2, 0.25) is 10.0 Å². The molecule has 0 saturated carbocycles. The molecule has 156 valence electrons. The highest BCUT2D eigenvalue weighted by Crippen LogP contribution is 2.24. The lowest BCUT2D eigenvalue weighted by molar-refractivity contribution is 0.102. The Bertz CT molecular complexity index is 1180. The minimum Gasteiger partial charge on any atom is -0.321 e. The molecular formula is C23H23BrN2O3S. The first-order valence-electron chi connectivity index (χ1n) is 9.35. The molecule has 0 heterocycles. The van der Waals surface area contributed by atoms with Gasteiger partial charge in [-0.15, -0.1) is 0 Å². The molecule has 0 spiro atoms. The van der Waals surface area contributed by atoms with Crippen LogP contribution in [0.4, 0.5) is 11.4 Å². The molecule has 30 heavy (non-hydrogen) atoms. The van der Waals surface area contributed by atoms with E-state index in [1.54, 1.807) is 24.3 Å². The van der Waals surface area contributed by atoms with Crippen molar-refractivity contribution in [2.45, 2.75) is 20.4 Å². The van der Waals surface area contributed by atoms with Crippen molar-refractivity contribution in [3.8, 4) is 0 Å². The van der Waals surface area contributed by atoms with Crippen LogP contribution in [-0.2, 0) is 16.6 Å². The number of hydrogen-bond acceptors (Lipinski definition) is 3. The Labute approximate surface area is 185 Å². The number of hydrogen-bond donors (Lipinski definition) is 1. The SMILES string of the molecule is Cc1ccc(N(Cc2ccc(C(=O)Nc3ccccc3Br)cc2)S(C)(=O)=O)cc1C. The zero-order valence-corrected chi connectivity index (χ0v) is 19.4. The first kappa shape index (κ1) is 22.1. The largest absolute Gasteiger partial charge is 0.321 e. The van der Waals surface area contributed by atoms with Crippen LogP contribution in [-0.4, -0.2) is 20.6 Å². The first-order valence-corrected chi connectivity index (χ1v) is 12.0. The number of carbonyl (C=O) groups is 1. The van der Waals surface area contributed by atoms with E-state index in [0.717, 1.165) is 21.2 Å². The quantitative estimate of drug-likeness (QED) is 0.514. The number of amides is 1. The molecule has 0 fully saturated rings. The second-order valence-electron chi connectivity index (χ2n) is 7.17. The van der Waals surface area contributed by atoms with Gasteiger partial charge in [0.15, 0.2) is 0 Å². The number of halogens is 1. The van der Waals surface area contributed by atoms with E-state index in [2.05, 4.69) is 21.2 Å². The minimum atomic E-state index is -3.47. The fraction of sp³-hybridized carbons (Fsp3) is 0.174. The zero-order chi connectivity index (χ0) is 21.9. The topological polar surface area (TPSA) is 66.5 Å². The van der Waals surface area contributed by atoms with E-state index >= 15 is 0 Å². The number of sulfonamides is 1. The van der Waals surface area contributed by atoms with Crippen LogP contribution in [0.5, 0.6) is 0 Å². The Morgan fingerprint density at radius 3 is 2.23 bits per heavy atom. The van der Waals surface area contributed by atoms with E-state index in [-0.39, 0.29) is 12.5 Å². The Morgan fingerprint density at radius 1 is 0.967 bits per heavy atom. The monoisotopic (exact) mass is 486 g/mol. The van der Waals surface area contributed by atoms with Crippen LogP contribution < -0.4 is 9.62 Å². The van der Waals surface area contributed by atoms with E-state index in [4.69, 9.17) is 0 Å². The molecule has 0 unspecified atom stereocenters. The first-order chi connectivity index (χ1) is 14.1. The molecular weight excluding hydrogens is 464 g/mol. The van der Waals surface area contributed by atoms with Crippen LogP contribution in [0.25, 0.3) is 0 Å². The lowest BCUT2D eigenvalue weighted by Gasteiger charge is -2.23. The van der Waals surface area contributed by atoms with Gasteiger partial charge in [-0.1, -0.05) is 30.3 Å². The summed E-state index contributed by atoms with van der Waals surface area (Å²) in [7, 11) is -3.47. The third kappa shape index (κ3) is 5.29. The third-order valence-corrected chi connectivity index (χ3v) is 6.68. The van der Waals surface area contributed by atoms with Gasteiger partial charge >= 0.3 is 0 Å². The maximum absolute atomic E-state index is 12.5. The highest BCUT2D eigenvalue weighted by molar-refractivity contribution is 9.10. The summed E-state index contributed by atoms with van der Waals surface area (Å²) in [6.45, 7) is 4.13. The minimum absolute atomic E-state index is 0.188. The summed E-state index contributed by atoms with van der Waals surface area (Å²) < 4.78 is 27.0. The Balaban J connectivity index is 1.79. The normalized spacial score (nSPS) is 11.2. The van der Waals surface area contributed by atoms with Crippen LogP contribution in [0, 0.1) is 13.8 Å². The van der Waals surface area contributed by atoms with Crippen molar-refractivity contribution < 1.29 is 13.2 Å². The zero-order valence-electron chi connectivity index (χ0n) is 17.0. The van der Waals surface area contributed by atoms with Gasteiger partial charge < -0.3 is 5.32 Å². The van der Waals surface area contributed by atoms with Crippen LogP contribution in [0.3, 0.4) is 0 Å². The predicted octanol–water partition coefficient (Wildman–Crippen LogP) is 5.28. The molecule has 0 aromatic heterocycles. The summed E-state index contributed by atoms with van der Waals surface area (Å²) in [5.41, 5.74) is 4.72. The summed E-state index contributed by atoms with van der Waals surface area (Å²) in [6.07, 6.45) is 1.20. The molecule has 0 atom stereocenters. The molecule has 3 rings (SSSR count). The Morgan fingerprint density at radius 2 is 1.63 bits per heavy atom. The fourth-order valence-corrected chi connectivity index (χ4v) is 4.23. The molecule has 0 aliphatic heterocycles. The molecule has 7 heteroatoms. The molecule has 0 saturated heterocycles. The smallest absolute Gasteiger partial charge is 0.255 e. The summed E-state index contributed by atoms with van der Waals surface area (Å²) in [5.74, 6) is -0.234. The molecule has 1 amide bonds. The van der Waals surface area contributed by atoms with Gasteiger partial charge in [-0.25, -0.2) is 8.42 Å². The Kier molecular flexibility index (Phi) is 6.63. The molecule has 0 aliphatic rings. The van der Waals surface area contributed by atoms with Crippen molar-refractivity contribution >= 4 is 43.2 Å². The standard InChI is InChI=1S/C23H23BrN2O3S/c1-16-8-13-20(14-17(16)2)26(30(3,28)29)15-18-9-11-19(12-10-18)23(27)25-22-7-5-4-6-21(22)24/h4-14H,15H2,1-3H3,(H,25,27). The summed E-state index contributed by atoms with van der Waals surface area (Å²) in [4.78, 5) is 12.5. The average molecular weight is 487 g/mol. The van der Waals surface area contributed by atoms with Crippen LogP contribution in [0.1, 0.15) is 27.0 Å². The van der Waals surface area contributed by atoms with Gasteiger partial charge in [-0.2, -0.15) is 0 Å². The number of anilines is 2. The number of aryl methyl sites for hydroxylation is 2. The van der Waals surface area contributed by atoms with E-state index in [1.165, 1.54) is 10.6 Å². The highest BCUT2D eigenvalue weighted by Gasteiger charge is 2.19. The Hall–Kier alpha value is -2.64. The van der Waals surface area contributed by atoms with Crippen molar-refractivity contribution in [2.24, 2.45) is 0 Å². The number of para-hydroxylation sites is 1. The molecule has 0 radical (unpaired) electrons. The van der Waals surface area contributed by atoms with Crippen LogP contribution >= 0.6 is 15.9 Å². The lowest BCUT2D eigenvalue weighted by atomic mass is 10.1. The second-order valence-corrected chi connectivity index (χ2v) is 9.93. The summed E-state index contributed by atoms with van der Waals surface area (Å²) in [5, 5.41) is 2.86. The molecule has 5 nitrogen and oxygen atoms in total. The second kappa shape index (κ2) is 9.02. The molecule has 3 aromatic rings. The maximum Gasteiger partial charge on any atom is 0.255 e. The van der Waals surface area contributed by atoms with Gasteiger partial charge in [0, 0.05) is 10.0 Å². The van der Waals surface area contributed by atoms with Crippen molar-refractivity contribution in [1.82, 2.24) is 0 Å². The number of rotatable bonds is 6. The average Bonchev–Trinajstić information content (AvgIpc) is 2.69. The van der Waals surface area contributed by atoms with Gasteiger partial charge in [0.05, 0.1) is 24.2 Å². The molecule has 1 N–H and O–H groups in total. The van der Waals surface area contributed by atoms with Crippen LogP contribution in [0.15, 0.2) is 71.2 Å². The van der Waals surface area contributed by atoms with Gasteiger partial charge in [-0.05, 0) is 82.9 Å². The van der Waals surface area contributed by atoms with Crippen molar-refractivity contribution in [3.05, 3.63) is 93.5 Å². The number of carbonyl (C=O) groups excluding carboxylic acids is 1. The summed E-state index contributed by atoms with van der Waals surface area (Å²) >= 11 is 3.41. The number of benzene rings is 3.